The highest BCUT2D eigenvalue weighted by atomic mass is 15.2. The van der Waals surface area contributed by atoms with E-state index in [1.54, 1.807) is 0 Å². The summed E-state index contributed by atoms with van der Waals surface area (Å²) in [5.41, 5.74) is 0. The molecule has 5 heteroatoms. The van der Waals surface area contributed by atoms with Crippen molar-refractivity contribution in [2.45, 2.75) is 58.5 Å². The number of hydrogen-bond donors (Lipinski definition) is 2. The Morgan fingerprint density at radius 1 is 1.29 bits per heavy atom. The van der Waals surface area contributed by atoms with Gasteiger partial charge in [-0.3, -0.25) is 0 Å². The number of nitrogens with zero attached hydrogens (tertiary/aromatic N) is 3. The van der Waals surface area contributed by atoms with E-state index in [-0.39, 0.29) is 0 Å². The highest BCUT2D eigenvalue weighted by Gasteiger charge is 2.23. The Bertz CT molecular complexity index is 448. The van der Waals surface area contributed by atoms with Crippen molar-refractivity contribution in [3.05, 3.63) is 11.9 Å². The number of nitrogens with one attached hydrogen (secondary N) is 2. The van der Waals surface area contributed by atoms with Crippen molar-refractivity contribution in [2.75, 3.05) is 30.8 Å². The van der Waals surface area contributed by atoms with Crippen LogP contribution in [0.5, 0.6) is 0 Å². The molecule has 0 amide bonds. The van der Waals surface area contributed by atoms with Crippen molar-refractivity contribution < 1.29 is 0 Å². The molecule has 2 heterocycles. The van der Waals surface area contributed by atoms with E-state index in [0.29, 0.717) is 12.1 Å². The molecule has 2 N–H and O–H groups in total. The average Bonchev–Trinajstić information content (AvgIpc) is 2.48. The predicted octanol–water partition coefficient (Wildman–Crippen LogP) is 2.76. The molecule has 2 atom stereocenters. The fourth-order valence-electron chi connectivity index (χ4n) is 2.70. The van der Waals surface area contributed by atoms with Gasteiger partial charge < -0.3 is 15.5 Å². The zero-order chi connectivity index (χ0) is 15.2. The molecule has 0 aromatic carbocycles. The monoisotopic (exact) mass is 291 g/mol. The van der Waals surface area contributed by atoms with Crippen LogP contribution < -0.4 is 10.6 Å². The molecule has 1 saturated heterocycles. The Hall–Kier alpha value is -1.36. The smallest absolute Gasteiger partial charge is 0.132 e. The molecule has 1 aromatic rings. The molecular formula is C16H29N5. The van der Waals surface area contributed by atoms with Gasteiger partial charge in [0.2, 0.25) is 0 Å². The molecule has 0 bridgehead atoms. The van der Waals surface area contributed by atoms with Crippen LogP contribution in [0.3, 0.4) is 0 Å². The van der Waals surface area contributed by atoms with Gasteiger partial charge in [0.1, 0.15) is 17.5 Å². The Morgan fingerprint density at radius 3 is 2.71 bits per heavy atom. The van der Waals surface area contributed by atoms with Gasteiger partial charge in [0, 0.05) is 37.7 Å². The Morgan fingerprint density at radius 2 is 2.05 bits per heavy atom. The molecule has 1 fully saturated rings. The number of rotatable bonds is 6. The van der Waals surface area contributed by atoms with Gasteiger partial charge in [0.25, 0.3) is 0 Å². The molecule has 2 unspecified atom stereocenters. The van der Waals surface area contributed by atoms with Crippen LogP contribution in [0.1, 0.15) is 45.9 Å². The van der Waals surface area contributed by atoms with Crippen LogP contribution in [0.2, 0.25) is 0 Å². The van der Waals surface area contributed by atoms with Crippen molar-refractivity contribution in [3.63, 3.8) is 0 Å². The lowest BCUT2D eigenvalue weighted by molar-refractivity contribution is 0.190. The second-order valence-electron chi connectivity index (χ2n) is 6.03. The van der Waals surface area contributed by atoms with Gasteiger partial charge in [-0.1, -0.05) is 13.8 Å². The maximum Gasteiger partial charge on any atom is 0.132 e. The summed E-state index contributed by atoms with van der Waals surface area (Å²) in [5, 5.41) is 6.97. The fourth-order valence-corrected chi connectivity index (χ4v) is 2.70. The van der Waals surface area contributed by atoms with Gasteiger partial charge in [-0.15, -0.1) is 0 Å². The highest BCUT2D eigenvalue weighted by molar-refractivity contribution is 5.48. The molecule has 1 aliphatic heterocycles. The van der Waals surface area contributed by atoms with Crippen LogP contribution >= 0.6 is 0 Å². The van der Waals surface area contributed by atoms with Gasteiger partial charge in [0.15, 0.2) is 0 Å². The summed E-state index contributed by atoms with van der Waals surface area (Å²) in [6, 6.07) is 3.17. The Kier molecular flexibility index (Phi) is 5.79. The van der Waals surface area contributed by atoms with Crippen molar-refractivity contribution >= 4 is 11.6 Å². The third-order valence-corrected chi connectivity index (χ3v) is 4.21. The van der Waals surface area contributed by atoms with Gasteiger partial charge >= 0.3 is 0 Å². The maximum absolute atomic E-state index is 4.62. The minimum absolute atomic E-state index is 0.509. The van der Waals surface area contributed by atoms with E-state index in [1.807, 2.05) is 6.07 Å². The van der Waals surface area contributed by atoms with Crippen molar-refractivity contribution in [1.82, 2.24) is 14.9 Å². The molecule has 118 valence electrons. The SMILES string of the molecule is CCCNc1cc(NC2CCN(C)C(C)C2)nc(CC)n1. The van der Waals surface area contributed by atoms with Crippen LogP contribution in [-0.4, -0.2) is 47.1 Å². The summed E-state index contributed by atoms with van der Waals surface area (Å²) in [6.45, 7) is 8.64. The zero-order valence-electron chi connectivity index (χ0n) is 13.8. The van der Waals surface area contributed by atoms with Crippen molar-refractivity contribution in [1.29, 1.82) is 0 Å². The Labute approximate surface area is 128 Å². The third kappa shape index (κ3) is 4.56. The van der Waals surface area contributed by atoms with Gasteiger partial charge in [-0.05, 0) is 33.2 Å². The maximum atomic E-state index is 4.62. The van der Waals surface area contributed by atoms with Crippen molar-refractivity contribution in [2.24, 2.45) is 0 Å². The van der Waals surface area contributed by atoms with Crippen LogP contribution in [0.25, 0.3) is 0 Å². The molecule has 5 nitrogen and oxygen atoms in total. The number of anilines is 2. The number of likely N-dealkylation sites (tertiary alicyclic amines) is 1. The van der Waals surface area contributed by atoms with E-state index < -0.39 is 0 Å². The number of piperidine rings is 1. The summed E-state index contributed by atoms with van der Waals surface area (Å²) < 4.78 is 0. The minimum atomic E-state index is 0.509. The molecule has 1 aliphatic rings. The first-order valence-corrected chi connectivity index (χ1v) is 8.21. The summed E-state index contributed by atoms with van der Waals surface area (Å²) in [4.78, 5) is 11.6. The normalized spacial score (nSPS) is 23.0. The van der Waals surface area contributed by atoms with E-state index in [4.69, 9.17) is 0 Å². The summed E-state index contributed by atoms with van der Waals surface area (Å²) in [6.07, 6.45) is 4.30. The molecule has 0 radical (unpaired) electrons. The molecule has 0 saturated carbocycles. The first-order valence-electron chi connectivity index (χ1n) is 8.21. The topological polar surface area (TPSA) is 53.1 Å². The van der Waals surface area contributed by atoms with Gasteiger partial charge in [-0.25, -0.2) is 9.97 Å². The van der Waals surface area contributed by atoms with E-state index in [2.05, 4.69) is 53.3 Å². The molecular weight excluding hydrogens is 262 g/mol. The van der Waals surface area contributed by atoms with Crippen LogP contribution in [0, 0.1) is 0 Å². The number of aryl methyl sites for hydroxylation is 1. The van der Waals surface area contributed by atoms with E-state index in [0.717, 1.165) is 43.4 Å². The summed E-state index contributed by atoms with van der Waals surface area (Å²) >= 11 is 0. The largest absolute Gasteiger partial charge is 0.370 e. The van der Waals surface area contributed by atoms with Crippen molar-refractivity contribution in [3.8, 4) is 0 Å². The lowest BCUT2D eigenvalue weighted by atomic mass is 9.99. The predicted molar refractivity (Wildman–Crippen MR) is 88.9 cm³/mol. The first-order chi connectivity index (χ1) is 10.1. The fraction of sp³-hybridized carbons (Fsp3) is 0.750. The second kappa shape index (κ2) is 7.59. The quantitative estimate of drug-likeness (QED) is 0.844. The highest BCUT2D eigenvalue weighted by Crippen LogP contribution is 2.20. The van der Waals surface area contributed by atoms with Crippen LogP contribution in [0.4, 0.5) is 11.6 Å². The molecule has 1 aromatic heterocycles. The van der Waals surface area contributed by atoms with Crippen LogP contribution in [-0.2, 0) is 6.42 Å². The number of hydrogen-bond acceptors (Lipinski definition) is 5. The third-order valence-electron chi connectivity index (χ3n) is 4.21. The van der Waals surface area contributed by atoms with E-state index in [9.17, 15) is 0 Å². The standard InChI is InChI=1S/C16H29N5/c1-5-8-17-15-11-16(20-14(6-2)19-15)18-13-7-9-21(4)12(3)10-13/h11-13H,5-10H2,1-4H3,(H2,17,18,19,20). The Balaban J connectivity index is 2.04. The summed E-state index contributed by atoms with van der Waals surface area (Å²) in [5.74, 6) is 2.80. The van der Waals surface area contributed by atoms with Gasteiger partial charge in [-0.2, -0.15) is 0 Å². The lowest BCUT2D eigenvalue weighted by Crippen LogP contribution is -2.42. The minimum Gasteiger partial charge on any atom is -0.370 e. The molecule has 0 aliphatic carbocycles. The molecule has 0 spiro atoms. The number of aromatic nitrogens is 2. The zero-order valence-corrected chi connectivity index (χ0v) is 13.8. The first kappa shape index (κ1) is 16.0. The molecule has 2 rings (SSSR count). The second-order valence-corrected chi connectivity index (χ2v) is 6.03. The van der Waals surface area contributed by atoms with E-state index in [1.165, 1.54) is 12.8 Å². The average molecular weight is 291 g/mol. The van der Waals surface area contributed by atoms with E-state index >= 15 is 0 Å². The lowest BCUT2D eigenvalue weighted by Gasteiger charge is -2.35. The molecule has 21 heavy (non-hydrogen) atoms. The van der Waals surface area contributed by atoms with Gasteiger partial charge in [0.05, 0.1) is 0 Å². The summed E-state index contributed by atoms with van der Waals surface area (Å²) in [7, 11) is 2.20. The van der Waals surface area contributed by atoms with Crippen LogP contribution in [0.15, 0.2) is 6.07 Å².